The van der Waals surface area contributed by atoms with E-state index in [1.807, 2.05) is 25.3 Å². The zero-order valence-corrected chi connectivity index (χ0v) is 6.24. The van der Waals surface area contributed by atoms with Crippen molar-refractivity contribution >= 4 is 0 Å². The Kier molecular flexibility index (Phi) is 2.40. The van der Waals surface area contributed by atoms with Crippen LogP contribution in [0.15, 0.2) is 24.5 Å². The molecule has 10 heavy (non-hydrogen) atoms. The lowest BCUT2D eigenvalue weighted by molar-refractivity contribution is 0.119. The maximum atomic E-state index is 5.10. The van der Waals surface area contributed by atoms with Crippen molar-refractivity contribution in [3.63, 3.8) is 0 Å². The Morgan fingerprint density at radius 2 is 2.40 bits per heavy atom. The van der Waals surface area contributed by atoms with Gasteiger partial charge in [0.1, 0.15) is 0 Å². The second-order valence-corrected chi connectivity index (χ2v) is 2.16. The summed E-state index contributed by atoms with van der Waals surface area (Å²) in [5.41, 5.74) is 1.12. The number of hydrogen-bond acceptors (Lipinski definition) is 2. The summed E-state index contributed by atoms with van der Waals surface area (Å²) in [6.45, 7) is 2.00. The largest absolute Gasteiger partial charge is 0.377 e. The van der Waals surface area contributed by atoms with Crippen LogP contribution >= 0.6 is 0 Å². The first-order valence-corrected chi connectivity index (χ1v) is 3.27. The van der Waals surface area contributed by atoms with Crippen molar-refractivity contribution < 1.29 is 4.74 Å². The number of ether oxygens (including phenoxy) is 1. The van der Waals surface area contributed by atoms with Crippen LogP contribution in [-0.2, 0) is 4.74 Å². The van der Waals surface area contributed by atoms with Gasteiger partial charge >= 0.3 is 0 Å². The van der Waals surface area contributed by atoms with Gasteiger partial charge in [0.05, 0.1) is 6.10 Å². The molecule has 0 radical (unpaired) electrons. The lowest BCUT2D eigenvalue weighted by Gasteiger charge is -2.07. The van der Waals surface area contributed by atoms with E-state index in [1.165, 1.54) is 0 Å². The van der Waals surface area contributed by atoms with Crippen molar-refractivity contribution in [3.8, 4) is 0 Å². The second-order valence-electron chi connectivity index (χ2n) is 2.16. The van der Waals surface area contributed by atoms with Gasteiger partial charge in [-0.2, -0.15) is 0 Å². The van der Waals surface area contributed by atoms with Crippen LogP contribution in [0.2, 0.25) is 0 Å². The molecule has 2 nitrogen and oxygen atoms in total. The van der Waals surface area contributed by atoms with Gasteiger partial charge in [-0.15, -0.1) is 0 Å². The van der Waals surface area contributed by atoms with Gasteiger partial charge in [-0.05, 0) is 18.6 Å². The van der Waals surface area contributed by atoms with E-state index >= 15 is 0 Å². The predicted octanol–water partition coefficient (Wildman–Crippen LogP) is 1.79. The van der Waals surface area contributed by atoms with E-state index in [0.717, 1.165) is 5.56 Å². The lowest BCUT2D eigenvalue weighted by Crippen LogP contribution is -1.95. The molecule has 0 aromatic carbocycles. The normalized spacial score (nSPS) is 13.0. The molecule has 1 unspecified atom stereocenters. The lowest BCUT2D eigenvalue weighted by atomic mass is 10.2. The Morgan fingerprint density at radius 1 is 1.60 bits per heavy atom. The Labute approximate surface area is 60.9 Å². The third-order valence-corrected chi connectivity index (χ3v) is 1.51. The van der Waals surface area contributed by atoms with Gasteiger partial charge in [0.15, 0.2) is 0 Å². The molecule has 1 atom stereocenters. The molecular weight excluding hydrogens is 126 g/mol. The summed E-state index contributed by atoms with van der Waals surface area (Å²) in [6, 6.07) is 3.91. The zero-order chi connectivity index (χ0) is 7.40. The first-order valence-electron chi connectivity index (χ1n) is 3.27. The molecule has 1 heterocycles. The van der Waals surface area contributed by atoms with E-state index in [1.54, 1.807) is 13.3 Å². The molecule has 0 spiro atoms. The fraction of sp³-hybridized carbons (Fsp3) is 0.375. The Morgan fingerprint density at radius 3 is 2.90 bits per heavy atom. The van der Waals surface area contributed by atoms with Crippen LogP contribution in [0.5, 0.6) is 0 Å². The molecule has 0 saturated heterocycles. The maximum absolute atomic E-state index is 5.10. The molecule has 0 aliphatic heterocycles. The monoisotopic (exact) mass is 137 g/mol. The van der Waals surface area contributed by atoms with Crippen molar-refractivity contribution in [3.05, 3.63) is 30.1 Å². The number of aromatic nitrogens is 1. The van der Waals surface area contributed by atoms with E-state index in [0.29, 0.717) is 0 Å². The van der Waals surface area contributed by atoms with Gasteiger partial charge in [-0.25, -0.2) is 0 Å². The van der Waals surface area contributed by atoms with Gasteiger partial charge < -0.3 is 4.74 Å². The number of methoxy groups -OCH3 is 1. The van der Waals surface area contributed by atoms with Gasteiger partial charge in [-0.3, -0.25) is 4.98 Å². The van der Waals surface area contributed by atoms with E-state index in [9.17, 15) is 0 Å². The summed E-state index contributed by atoms with van der Waals surface area (Å²) in [7, 11) is 1.69. The second kappa shape index (κ2) is 3.32. The summed E-state index contributed by atoms with van der Waals surface area (Å²) in [5.74, 6) is 0. The SMILES string of the molecule is COC(C)c1cccnc1. The van der Waals surface area contributed by atoms with Crippen LogP contribution in [0.3, 0.4) is 0 Å². The van der Waals surface area contributed by atoms with Crippen molar-refractivity contribution in [2.45, 2.75) is 13.0 Å². The van der Waals surface area contributed by atoms with Crippen LogP contribution in [-0.4, -0.2) is 12.1 Å². The predicted molar refractivity (Wildman–Crippen MR) is 39.7 cm³/mol. The number of rotatable bonds is 2. The molecule has 1 aromatic rings. The van der Waals surface area contributed by atoms with Gasteiger partial charge in [0.25, 0.3) is 0 Å². The van der Waals surface area contributed by atoms with Crippen molar-refractivity contribution in [1.29, 1.82) is 0 Å². The molecule has 1 aromatic heterocycles. The molecule has 0 amide bonds. The zero-order valence-electron chi connectivity index (χ0n) is 6.24. The molecular formula is C8H11NO. The van der Waals surface area contributed by atoms with E-state index in [2.05, 4.69) is 4.98 Å². The van der Waals surface area contributed by atoms with E-state index < -0.39 is 0 Å². The van der Waals surface area contributed by atoms with Gasteiger partial charge in [-0.1, -0.05) is 6.07 Å². The Balaban J connectivity index is 2.75. The van der Waals surface area contributed by atoms with Crippen LogP contribution in [0.4, 0.5) is 0 Å². The summed E-state index contributed by atoms with van der Waals surface area (Å²) < 4.78 is 5.10. The van der Waals surface area contributed by atoms with Crippen LogP contribution in [0.25, 0.3) is 0 Å². The Bertz CT molecular complexity index is 186. The number of nitrogens with zero attached hydrogens (tertiary/aromatic N) is 1. The Hall–Kier alpha value is -0.890. The molecule has 0 saturated carbocycles. The summed E-state index contributed by atoms with van der Waals surface area (Å²) in [6.07, 6.45) is 3.72. The number of pyridine rings is 1. The molecule has 0 bridgehead atoms. The highest BCUT2D eigenvalue weighted by atomic mass is 16.5. The van der Waals surface area contributed by atoms with Crippen molar-refractivity contribution in [2.24, 2.45) is 0 Å². The highest BCUT2D eigenvalue weighted by molar-refractivity contribution is 5.10. The average molecular weight is 137 g/mol. The molecule has 54 valence electrons. The first kappa shape index (κ1) is 7.22. The molecule has 0 aliphatic rings. The fourth-order valence-electron chi connectivity index (χ4n) is 0.753. The summed E-state index contributed by atoms with van der Waals surface area (Å²) in [4.78, 5) is 3.97. The highest BCUT2D eigenvalue weighted by Gasteiger charge is 2.00. The van der Waals surface area contributed by atoms with Crippen LogP contribution < -0.4 is 0 Å². The minimum absolute atomic E-state index is 0.147. The molecule has 1 rings (SSSR count). The minimum atomic E-state index is 0.147. The first-order chi connectivity index (χ1) is 4.84. The summed E-state index contributed by atoms with van der Waals surface area (Å²) >= 11 is 0. The van der Waals surface area contributed by atoms with E-state index in [4.69, 9.17) is 4.74 Å². The van der Waals surface area contributed by atoms with Crippen LogP contribution in [0, 0.1) is 0 Å². The molecule has 0 fully saturated rings. The third kappa shape index (κ3) is 1.54. The minimum Gasteiger partial charge on any atom is -0.377 e. The molecule has 0 N–H and O–H groups in total. The maximum Gasteiger partial charge on any atom is 0.0807 e. The van der Waals surface area contributed by atoms with Crippen molar-refractivity contribution in [2.75, 3.05) is 7.11 Å². The molecule has 0 aliphatic carbocycles. The third-order valence-electron chi connectivity index (χ3n) is 1.51. The van der Waals surface area contributed by atoms with E-state index in [-0.39, 0.29) is 6.10 Å². The fourth-order valence-corrected chi connectivity index (χ4v) is 0.753. The standard InChI is InChI=1S/C8H11NO/c1-7(10-2)8-4-3-5-9-6-8/h3-7H,1-2H3. The average Bonchev–Trinajstić information content (AvgIpc) is 2.05. The van der Waals surface area contributed by atoms with Gasteiger partial charge in [0.2, 0.25) is 0 Å². The van der Waals surface area contributed by atoms with Crippen LogP contribution in [0.1, 0.15) is 18.6 Å². The highest BCUT2D eigenvalue weighted by Crippen LogP contribution is 2.12. The van der Waals surface area contributed by atoms with Gasteiger partial charge in [0, 0.05) is 19.5 Å². The molecule has 2 heteroatoms. The smallest absolute Gasteiger partial charge is 0.0807 e. The number of hydrogen-bond donors (Lipinski definition) is 0. The topological polar surface area (TPSA) is 22.1 Å². The van der Waals surface area contributed by atoms with Crippen molar-refractivity contribution in [1.82, 2.24) is 4.98 Å². The summed E-state index contributed by atoms with van der Waals surface area (Å²) in [5, 5.41) is 0. The quantitative estimate of drug-likeness (QED) is 0.620.